The van der Waals surface area contributed by atoms with Crippen molar-refractivity contribution in [2.45, 2.75) is 37.7 Å². The first-order chi connectivity index (χ1) is 20.7. The summed E-state index contributed by atoms with van der Waals surface area (Å²) in [5, 5.41) is 0.910. The van der Waals surface area contributed by atoms with Crippen LogP contribution in [0.1, 0.15) is 30.5 Å². The molecule has 10 nitrogen and oxygen atoms in total. The predicted molar refractivity (Wildman–Crippen MR) is 152 cm³/mol. The van der Waals surface area contributed by atoms with Crippen LogP contribution < -0.4 is 9.47 Å². The third kappa shape index (κ3) is 5.36. The summed E-state index contributed by atoms with van der Waals surface area (Å²) in [6.45, 7) is -0.293. The van der Waals surface area contributed by atoms with Gasteiger partial charge in [0.1, 0.15) is 18.1 Å². The number of H-pyrrole nitrogens is 1. The summed E-state index contributed by atoms with van der Waals surface area (Å²) < 4.78 is 59.4. The zero-order valence-corrected chi connectivity index (χ0v) is 23.7. The molecule has 2 atom stereocenters. The summed E-state index contributed by atoms with van der Waals surface area (Å²) >= 11 is 0. The fourth-order valence-corrected chi connectivity index (χ4v) is 5.63. The molecule has 1 fully saturated rings. The van der Waals surface area contributed by atoms with Crippen LogP contribution >= 0.6 is 0 Å². The number of piperidine rings is 1. The van der Waals surface area contributed by atoms with Crippen molar-refractivity contribution < 1.29 is 32.2 Å². The first-order valence-electron chi connectivity index (χ1n) is 13.6. The molecule has 6 rings (SSSR count). The Morgan fingerprint density at radius 1 is 1.05 bits per heavy atom. The molecule has 1 N–H and O–H groups in total. The Morgan fingerprint density at radius 2 is 1.86 bits per heavy atom. The van der Waals surface area contributed by atoms with Crippen LogP contribution in [0, 0.1) is 0 Å². The summed E-state index contributed by atoms with van der Waals surface area (Å²) in [6, 6.07) is 13.4. The van der Waals surface area contributed by atoms with Crippen molar-refractivity contribution in [2.75, 3.05) is 27.9 Å². The Bertz CT molecular complexity index is 1800. The molecule has 0 unspecified atom stereocenters. The van der Waals surface area contributed by atoms with Gasteiger partial charge in [-0.25, -0.2) is 15.0 Å². The number of nitrogens with one attached hydrogen (secondary N) is 1. The number of hydrogen-bond acceptors (Lipinski definition) is 7. The van der Waals surface area contributed by atoms with Crippen LogP contribution in [0.15, 0.2) is 54.7 Å². The minimum atomic E-state index is -4.77. The van der Waals surface area contributed by atoms with Gasteiger partial charge in [-0.3, -0.25) is 4.79 Å². The highest BCUT2D eigenvalue weighted by Crippen LogP contribution is 2.37. The Hall–Kier alpha value is -4.65. The van der Waals surface area contributed by atoms with Gasteiger partial charge in [0.2, 0.25) is 17.6 Å². The standard InChI is InChI=1S/C30H29F3N6O4/c1-41-18-8-9-22-24(13-18)39(29(37-22)30(31,32)33)16-26(40)38-11-10-19(42-2)14-25(38)27-34-15-23(35-27)20-12-17-6-4-5-7-21(17)36-28(20)43-3/h4-9,12-13,15,19,25H,10-11,14,16H2,1-3H3,(H,34,35)/t19-,25-/m0/s1. The minimum Gasteiger partial charge on any atom is -0.497 e. The summed E-state index contributed by atoms with van der Waals surface area (Å²) in [7, 11) is 4.55. The van der Waals surface area contributed by atoms with Gasteiger partial charge in [-0.05, 0) is 30.7 Å². The maximum Gasteiger partial charge on any atom is 0.449 e. The number of likely N-dealkylation sites (tertiary alicyclic amines) is 1. The fourth-order valence-electron chi connectivity index (χ4n) is 5.63. The summed E-state index contributed by atoms with van der Waals surface area (Å²) in [5.41, 5.74) is 2.36. The predicted octanol–water partition coefficient (Wildman–Crippen LogP) is 5.39. The smallest absolute Gasteiger partial charge is 0.449 e. The van der Waals surface area contributed by atoms with Crippen molar-refractivity contribution in [1.82, 2.24) is 29.4 Å². The van der Waals surface area contributed by atoms with E-state index in [9.17, 15) is 18.0 Å². The lowest BCUT2D eigenvalue weighted by molar-refractivity contribution is -0.149. The van der Waals surface area contributed by atoms with Gasteiger partial charge in [0.05, 0.1) is 60.4 Å². The highest BCUT2D eigenvalue weighted by atomic mass is 19.4. The number of amides is 1. The number of imidazole rings is 2. The van der Waals surface area contributed by atoms with Gasteiger partial charge in [-0.15, -0.1) is 0 Å². The number of aromatic amines is 1. The Labute approximate surface area is 244 Å². The minimum absolute atomic E-state index is 0.115. The topological polar surface area (TPSA) is 107 Å². The van der Waals surface area contributed by atoms with Gasteiger partial charge in [0, 0.05) is 31.5 Å². The second-order valence-corrected chi connectivity index (χ2v) is 10.3. The van der Waals surface area contributed by atoms with E-state index in [-0.39, 0.29) is 23.7 Å². The van der Waals surface area contributed by atoms with Crippen molar-refractivity contribution in [2.24, 2.45) is 0 Å². The lowest BCUT2D eigenvalue weighted by Gasteiger charge is -2.38. The lowest BCUT2D eigenvalue weighted by Crippen LogP contribution is -2.45. The van der Waals surface area contributed by atoms with Gasteiger partial charge < -0.3 is 28.7 Å². The van der Waals surface area contributed by atoms with Crippen LogP contribution in [0.2, 0.25) is 0 Å². The molecule has 0 aliphatic carbocycles. The molecule has 1 saturated heterocycles. The SMILES string of the molecule is COc1ccc2nc(C(F)(F)F)n(CC(=O)N3CC[C@H](OC)C[C@H]3c3ncc(-c4cc5ccccc5nc4OC)[nH]3)c2c1. The van der Waals surface area contributed by atoms with Crippen LogP contribution in [-0.2, 0) is 22.3 Å². The van der Waals surface area contributed by atoms with Crippen molar-refractivity contribution in [3.8, 4) is 22.9 Å². The molecule has 0 radical (unpaired) electrons. The fraction of sp³-hybridized carbons (Fsp3) is 0.333. The third-order valence-corrected chi connectivity index (χ3v) is 7.79. The lowest BCUT2D eigenvalue weighted by atomic mass is 9.98. The average Bonchev–Trinajstić information content (AvgIpc) is 3.65. The second-order valence-electron chi connectivity index (χ2n) is 10.3. The number of hydrogen-bond donors (Lipinski definition) is 1. The molecule has 1 aliphatic rings. The molecular weight excluding hydrogens is 565 g/mol. The number of carbonyl (C=O) groups excluding carboxylic acids is 1. The van der Waals surface area contributed by atoms with Crippen LogP contribution in [0.3, 0.4) is 0 Å². The van der Waals surface area contributed by atoms with E-state index in [1.807, 2.05) is 30.3 Å². The van der Waals surface area contributed by atoms with Gasteiger partial charge in [0.15, 0.2) is 0 Å². The van der Waals surface area contributed by atoms with Crippen LogP contribution in [0.25, 0.3) is 33.2 Å². The number of halogens is 3. The number of methoxy groups -OCH3 is 3. The number of nitrogens with zero attached hydrogens (tertiary/aromatic N) is 5. The maximum absolute atomic E-state index is 14.0. The van der Waals surface area contributed by atoms with Crippen molar-refractivity contribution >= 4 is 27.8 Å². The highest BCUT2D eigenvalue weighted by molar-refractivity contribution is 5.85. The van der Waals surface area contributed by atoms with Gasteiger partial charge in [0.25, 0.3) is 0 Å². The monoisotopic (exact) mass is 594 g/mol. The van der Waals surface area contributed by atoms with Gasteiger partial charge in [-0.1, -0.05) is 18.2 Å². The Balaban J connectivity index is 1.35. The molecular formula is C30H29F3N6O4. The number of ether oxygens (including phenoxy) is 3. The number of alkyl halides is 3. The number of para-hydroxylation sites is 1. The number of benzene rings is 2. The quantitative estimate of drug-likeness (QED) is 0.269. The number of fused-ring (bicyclic) bond motifs is 2. The first kappa shape index (κ1) is 28.5. The summed E-state index contributed by atoms with van der Waals surface area (Å²) in [5.74, 6) is -0.412. The van der Waals surface area contributed by atoms with E-state index < -0.39 is 30.5 Å². The van der Waals surface area contributed by atoms with E-state index in [4.69, 9.17) is 14.2 Å². The average molecular weight is 595 g/mol. The Morgan fingerprint density at radius 3 is 2.60 bits per heavy atom. The van der Waals surface area contributed by atoms with Crippen LogP contribution in [-0.4, -0.2) is 69.3 Å². The molecule has 0 spiro atoms. The van der Waals surface area contributed by atoms with E-state index in [1.165, 1.54) is 32.4 Å². The van der Waals surface area contributed by atoms with Crippen molar-refractivity contribution in [1.29, 1.82) is 0 Å². The molecule has 224 valence electrons. The van der Waals surface area contributed by atoms with E-state index in [0.29, 0.717) is 41.6 Å². The third-order valence-electron chi connectivity index (χ3n) is 7.79. The zero-order valence-electron chi connectivity index (χ0n) is 23.7. The van der Waals surface area contributed by atoms with E-state index >= 15 is 0 Å². The molecule has 5 aromatic rings. The van der Waals surface area contributed by atoms with Crippen molar-refractivity contribution in [3.05, 3.63) is 66.4 Å². The summed E-state index contributed by atoms with van der Waals surface area (Å²) in [6.07, 6.45) is -2.35. The molecule has 0 bridgehead atoms. The van der Waals surface area contributed by atoms with Gasteiger partial charge in [-0.2, -0.15) is 13.2 Å². The number of aromatic nitrogens is 5. The molecule has 1 amide bonds. The summed E-state index contributed by atoms with van der Waals surface area (Å²) in [4.78, 5) is 31.7. The molecule has 13 heteroatoms. The zero-order chi connectivity index (χ0) is 30.3. The molecule has 4 heterocycles. The Kier molecular flexibility index (Phi) is 7.42. The van der Waals surface area contributed by atoms with Crippen LogP contribution in [0.4, 0.5) is 13.2 Å². The highest BCUT2D eigenvalue weighted by Gasteiger charge is 2.40. The van der Waals surface area contributed by atoms with Gasteiger partial charge >= 0.3 is 6.18 Å². The number of pyridine rings is 1. The molecule has 1 aliphatic heterocycles. The largest absolute Gasteiger partial charge is 0.497 e. The molecule has 3 aromatic heterocycles. The molecule has 0 saturated carbocycles. The van der Waals surface area contributed by atoms with E-state index in [1.54, 1.807) is 18.2 Å². The van der Waals surface area contributed by atoms with E-state index in [2.05, 4.69) is 19.9 Å². The molecule has 2 aromatic carbocycles. The number of carbonyl (C=O) groups is 1. The maximum atomic E-state index is 14.0. The van der Waals surface area contributed by atoms with E-state index in [0.717, 1.165) is 15.5 Å². The second kappa shape index (κ2) is 11.2. The normalized spacial score (nSPS) is 17.5. The van der Waals surface area contributed by atoms with Crippen LogP contribution in [0.5, 0.6) is 11.6 Å². The first-order valence-corrected chi connectivity index (χ1v) is 13.6. The van der Waals surface area contributed by atoms with Crippen molar-refractivity contribution in [3.63, 3.8) is 0 Å². The number of rotatable bonds is 7. The molecule has 43 heavy (non-hydrogen) atoms.